The molecule has 226 valence electrons. The van der Waals surface area contributed by atoms with Crippen LogP contribution in [0.3, 0.4) is 0 Å². The van der Waals surface area contributed by atoms with Crippen molar-refractivity contribution in [3.05, 3.63) is 117 Å². The van der Waals surface area contributed by atoms with E-state index in [0.29, 0.717) is 37.6 Å². The van der Waals surface area contributed by atoms with Crippen LogP contribution in [-0.2, 0) is 14.3 Å². The number of aromatic nitrogens is 1. The molecule has 13 heteroatoms. The van der Waals surface area contributed by atoms with Crippen molar-refractivity contribution in [2.75, 3.05) is 19.0 Å². The maximum atomic E-state index is 14.2. The number of hydrogen-bond acceptors (Lipinski definition) is 7. The number of benzene rings is 3. The molecule has 1 amide bonds. The SMILES string of the molecule is CCOC(=O)C1=C(N)n2c(s/c(=C\c3ccc(Cl)cc3Cl)c2=O)=C(C(=O)Nc2ccc(OC)cc2)C1c1ccc(Cl)cc1Cl. The monoisotopic (exact) mass is 689 g/mol. The molecule has 3 N–H and O–H groups in total. The molecule has 3 aromatic carbocycles. The molecule has 0 bridgehead atoms. The van der Waals surface area contributed by atoms with Gasteiger partial charge in [0.15, 0.2) is 0 Å². The molecule has 0 spiro atoms. The molecule has 1 aliphatic rings. The van der Waals surface area contributed by atoms with E-state index in [4.69, 9.17) is 61.6 Å². The summed E-state index contributed by atoms with van der Waals surface area (Å²) in [6, 6.07) is 16.2. The van der Waals surface area contributed by atoms with Crippen LogP contribution in [0, 0.1) is 0 Å². The summed E-state index contributed by atoms with van der Waals surface area (Å²) in [6.07, 6.45) is 1.57. The number of methoxy groups -OCH3 is 1. The molecule has 8 nitrogen and oxygen atoms in total. The fourth-order valence-corrected chi connectivity index (χ4v) is 6.90. The van der Waals surface area contributed by atoms with Crippen LogP contribution in [0.5, 0.6) is 5.75 Å². The number of esters is 1. The maximum absolute atomic E-state index is 14.2. The lowest BCUT2D eigenvalue weighted by Crippen LogP contribution is -2.42. The molecule has 1 aliphatic heterocycles. The average molecular weight is 691 g/mol. The van der Waals surface area contributed by atoms with Crippen molar-refractivity contribution in [3.63, 3.8) is 0 Å². The van der Waals surface area contributed by atoms with Crippen LogP contribution < -0.4 is 30.5 Å². The summed E-state index contributed by atoms with van der Waals surface area (Å²) in [6.45, 7) is 1.65. The summed E-state index contributed by atoms with van der Waals surface area (Å²) in [5.41, 5.74) is 7.27. The first-order valence-electron chi connectivity index (χ1n) is 13.0. The lowest BCUT2D eigenvalue weighted by molar-refractivity contribution is -0.138. The summed E-state index contributed by atoms with van der Waals surface area (Å²) < 4.78 is 12.1. The normalized spacial score (nSPS) is 14.8. The minimum atomic E-state index is -1.12. The number of ether oxygens (including phenoxy) is 2. The van der Waals surface area contributed by atoms with Crippen LogP contribution in [0.25, 0.3) is 17.5 Å². The first kappa shape index (κ1) is 31.7. The van der Waals surface area contributed by atoms with Crippen LogP contribution in [0.4, 0.5) is 5.69 Å². The minimum absolute atomic E-state index is 0.0174. The van der Waals surface area contributed by atoms with Crippen molar-refractivity contribution in [3.8, 4) is 5.75 Å². The van der Waals surface area contributed by atoms with Crippen molar-refractivity contribution >= 4 is 92.8 Å². The molecular weight excluding hydrogens is 668 g/mol. The lowest BCUT2D eigenvalue weighted by Gasteiger charge is -2.28. The molecule has 0 saturated heterocycles. The highest BCUT2D eigenvalue weighted by Gasteiger charge is 2.40. The molecule has 1 atom stereocenters. The van der Waals surface area contributed by atoms with Gasteiger partial charge in [-0.05, 0) is 72.7 Å². The maximum Gasteiger partial charge on any atom is 0.338 e. The summed E-state index contributed by atoms with van der Waals surface area (Å²) in [5, 5.41) is 4.13. The number of halogens is 4. The summed E-state index contributed by atoms with van der Waals surface area (Å²) >= 11 is 26.3. The molecule has 1 unspecified atom stereocenters. The molecule has 0 saturated carbocycles. The summed E-state index contributed by atoms with van der Waals surface area (Å²) in [5.74, 6) is -2.15. The van der Waals surface area contributed by atoms with E-state index in [1.165, 1.54) is 13.2 Å². The highest BCUT2D eigenvalue weighted by atomic mass is 35.5. The molecule has 0 radical (unpaired) electrons. The van der Waals surface area contributed by atoms with Gasteiger partial charge < -0.3 is 20.5 Å². The minimum Gasteiger partial charge on any atom is -0.497 e. The number of nitrogens with zero attached hydrogens (tertiary/aromatic N) is 1. The fraction of sp³-hybridized carbons (Fsp3) is 0.129. The van der Waals surface area contributed by atoms with E-state index in [-0.39, 0.29) is 37.8 Å². The first-order valence-corrected chi connectivity index (χ1v) is 15.4. The molecule has 5 rings (SSSR count). The molecule has 4 aromatic rings. The zero-order valence-corrected chi connectivity index (χ0v) is 27.0. The second-order valence-corrected chi connectivity index (χ2v) is 12.2. The van der Waals surface area contributed by atoms with Gasteiger partial charge >= 0.3 is 5.97 Å². The number of nitrogens with two attached hydrogens (primary N) is 1. The van der Waals surface area contributed by atoms with Crippen LogP contribution >= 0.6 is 57.7 Å². The van der Waals surface area contributed by atoms with Crippen LogP contribution in [0.15, 0.2) is 71.0 Å². The third-order valence-corrected chi connectivity index (χ3v) is 8.99. The lowest BCUT2D eigenvalue weighted by atomic mass is 9.82. The standard InChI is InChI=1S/C31H23Cl4N3O5S/c1-3-43-31(41)25-24(20-11-6-17(33)14-22(20)35)26(28(39)37-18-7-9-19(42-2)10-8-18)30-38(27(25)36)29(40)23(44-30)12-15-4-5-16(32)13-21(15)34/h4-14,24H,3,36H2,1-2H3,(H,37,39)/b23-12-. The predicted octanol–water partition coefficient (Wildman–Crippen LogP) is 5.64. The fourth-order valence-electron chi connectivity index (χ4n) is 4.76. The third-order valence-electron chi connectivity index (χ3n) is 6.76. The number of anilines is 1. The second-order valence-electron chi connectivity index (χ2n) is 9.44. The number of amides is 1. The molecule has 0 fully saturated rings. The van der Waals surface area contributed by atoms with E-state index in [0.717, 1.165) is 15.9 Å². The van der Waals surface area contributed by atoms with Crippen molar-refractivity contribution in [2.45, 2.75) is 12.8 Å². The van der Waals surface area contributed by atoms with Crippen molar-refractivity contribution in [2.24, 2.45) is 5.73 Å². The highest BCUT2D eigenvalue weighted by Crippen LogP contribution is 2.41. The van der Waals surface area contributed by atoms with Gasteiger partial charge in [0.25, 0.3) is 11.5 Å². The van der Waals surface area contributed by atoms with Crippen molar-refractivity contribution in [1.82, 2.24) is 4.57 Å². The Bertz CT molecular complexity index is 2020. The first-order chi connectivity index (χ1) is 21.0. The zero-order chi connectivity index (χ0) is 31.7. The Labute approximate surface area is 275 Å². The highest BCUT2D eigenvalue weighted by molar-refractivity contribution is 7.07. The van der Waals surface area contributed by atoms with Gasteiger partial charge in [-0.3, -0.25) is 14.2 Å². The number of fused-ring (bicyclic) bond motifs is 1. The zero-order valence-electron chi connectivity index (χ0n) is 23.1. The predicted molar refractivity (Wildman–Crippen MR) is 176 cm³/mol. The smallest absolute Gasteiger partial charge is 0.338 e. The van der Waals surface area contributed by atoms with Crippen molar-refractivity contribution < 1.29 is 19.1 Å². The van der Waals surface area contributed by atoms with Gasteiger partial charge in [0.1, 0.15) is 16.2 Å². The number of carbonyl (C=O) groups excluding carboxylic acids is 2. The van der Waals surface area contributed by atoms with Crippen LogP contribution in [-0.4, -0.2) is 30.2 Å². The van der Waals surface area contributed by atoms with E-state index in [1.807, 2.05) is 0 Å². The Kier molecular flexibility index (Phi) is 9.43. The van der Waals surface area contributed by atoms with Gasteiger partial charge in [0.05, 0.1) is 35.3 Å². The van der Waals surface area contributed by atoms with E-state index < -0.39 is 23.4 Å². The molecule has 44 heavy (non-hydrogen) atoms. The van der Waals surface area contributed by atoms with Crippen LogP contribution in [0.2, 0.25) is 20.1 Å². The average Bonchev–Trinajstić information content (AvgIpc) is 3.30. The van der Waals surface area contributed by atoms with Gasteiger partial charge in [-0.15, -0.1) is 11.3 Å². The largest absolute Gasteiger partial charge is 0.497 e. The topological polar surface area (TPSA) is 113 Å². The Morgan fingerprint density at radius 3 is 2.25 bits per heavy atom. The van der Waals surface area contributed by atoms with Gasteiger partial charge in [-0.2, -0.15) is 0 Å². The second kappa shape index (κ2) is 13.1. The summed E-state index contributed by atoms with van der Waals surface area (Å²) in [7, 11) is 1.53. The number of hydrogen-bond donors (Lipinski definition) is 2. The number of thiazole rings is 1. The number of nitrogens with one attached hydrogen (secondary N) is 1. The number of carbonyl (C=O) groups is 2. The molecule has 2 heterocycles. The molecular formula is C31H23Cl4N3O5S. The summed E-state index contributed by atoms with van der Waals surface area (Å²) in [4.78, 5) is 41.6. The Morgan fingerprint density at radius 2 is 1.64 bits per heavy atom. The van der Waals surface area contributed by atoms with E-state index in [1.54, 1.807) is 67.6 Å². The molecule has 1 aromatic heterocycles. The Balaban J connectivity index is 1.85. The molecule has 0 aliphatic carbocycles. The van der Waals surface area contributed by atoms with Crippen LogP contribution in [0.1, 0.15) is 24.0 Å². The Morgan fingerprint density at radius 1 is 0.977 bits per heavy atom. The van der Waals surface area contributed by atoms with E-state index in [2.05, 4.69) is 5.32 Å². The van der Waals surface area contributed by atoms with Crippen molar-refractivity contribution in [1.29, 1.82) is 0 Å². The number of rotatable bonds is 7. The van der Waals surface area contributed by atoms with E-state index >= 15 is 0 Å². The van der Waals surface area contributed by atoms with Gasteiger partial charge in [-0.25, -0.2) is 4.79 Å². The third kappa shape index (κ3) is 6.11. The van der Waals surface area contributed by atoms with Gasteiger partial charge in [-0.1, -0.05) is 58.5 Å². The van der Waals surface area contributed by atoms with Gasteiger partial charge in [0.2, 0.25) is 0 Å². The van der Waals surface area contributed by atoms with E-state index in [9.17, 15) is 14.4 Å². The quantitative estimate of drug-likeness (QED) is 0.243. The Hall–Kier alpha value is -3.73. The van der Waals surface area contributed by atoms with Gasteiger partial charge in [0, 0.05) is 25.8 Å².